The minimum Gasteiger partial charge on any atom is -0.330 e. The molecule has 90 valence electrons. The van der Waals surface area contributed by atoms with Crippen LogP contribution in [0.2, 0.25) is 0 Å². The highest BCUT2D eigenvalue weighted by Gasteiger charge is 2.17. The maximum atomic E-state index is 5.65. The first kappa shape index (κ1) is 13.2. The van der Waals surface area contributed by atoms with E-state index in [1.807, 2.05) is 0 Å². The molecular weight excluding hydrogens is 194 g/mol. The van der Waals surface area contributed by atoms with E-state index in [-0.39, 0.29) is 0 Å². The second-order valence-corrected chi connectivity index (χ2v) is 5.78. The molecule has 0 atom stereocenters. The first-order valence-corrected chi connectivity index (χ1v) is 6.23. The fraction of sp³-hybridized carbons (Fsp3) is 0.600. The van der Waals surface area contributed by atoms with E-state index in [2.05, 4.69) is 52.0 Å². The van der Waals surface area contributed by atoms with Crippen LogP contribution in [0.15, 0.2) is 24.3 Å². The molecule has 1 rings (SSSR count). The molecule has 0 aromatic heterocycles. The van der Waals surface area contributed by atoms with Gasteiger partial charge in [0.25, 0.3) is 0 Å². The molecule has 0 amide bonds. The molecule has 0 spiro atoms. The van der Waals surface area contributed by atoms with Gasteiger partial charge in [-0.25, -0.2) is 0 Å². The lowest BCUT2D eigenvalue weighted by molar-refractivity contribution is 0.338. The van der Waals surface area contributed by atoms with Gasteiger partial charge in [0.2, 0.25) is 0 Å². The largest absolute Gasteiger partial charge is 0.330 e. The zero-order valence-electron chi connectivity index (χ0n) is 11.1. The summed E-state index contributed by atoms with van der Waals surface area (Å²) in [5.41, 5.74) is 8.82. The van der Waals surface area contributed by atoms with E-state index in [1.54, 1.807) is 0 Å². The van der Waals surface area contributed by atoms with E-state index in [1.165, 1.54) is 11.1 Å². The summed E-state index contributed by atoms with van der Waals surface area (Å²) >= 11 is 0. The van der Waals surface area contributed by atoms with Crippen LogP contribution in [0.1, 0.15) is 51.2 Å². The van der Waals surface area contributed by atoms with E-state index >= 15 is 0 Å². The highest BCUT2D eigenvalue weighted by molar-refractivity contribution is 5.26. The van der Waals surface area contributed by atoms with Gasteiger partial charge < -0.3 is 5.73 Å². The highest BCUT2D eigenvalue weighted by Crippen LogP contribution is 2.26. The van der Waals surface area contributed by atoms with Crippen LogP contribution in [0.3, 0.4) is 0 Å². The van der Waals surface area contributed by atoms with Gasteiger partial charge in [-0.2, -0.15) is 0 Å². The van der Waals surface area contributed by atoms with Gasteiger partial charge in [-0.1, -0.05) is 52.0 Å². The second-order valence-electron chi connectivity index (χ2n) is 5.78. The Kier molecular flexibility index (Phi) is 4.55. The topological polar surface area (TPSA) is 26.0 Å². The smallest absolute Gasteiger partial charge is 0.00721 e. The molecule has 0 aliphatic carbocycles. The van der Waals surface area contributed by atoms with Crippen molar-refractivity contribution in [1.82, 2.24) is 0 Å². The van der Waals surface area contributed by atoms with Crippen molar-refractivity contribution in [3.8, 4) is 0 Å². The lowest BCUT2D eigenvalue weighted by atomic mass is 9.82. The number of hydrogen-bond acceptors (Lipinski definition) is 1. The van der Waals surface area contributed by atoms with E-state index in [9.17, 15) is 0 Å². The summed E-state index contributed by atoms with van der Waals surface area (Å²) in [7, 11) is 0. The quantitative estimate of drug-likeness (QED) is 0.802. The van der Waals surface area contributed by atoms with Crippen molar-refractivity contribution in [2.45, 2.75) is 46.5 Å². The summed E-state index contributed by atoms with van der Waals surface area (Å²) in [5.74, 6) is 0.609. The highest BCUT2D eigenvalue weighted by atomic mass is 14.5. The predicted octanol–water partition coefficient (Wildman–Crippen LogP) is 3.73. The van der Waals surface area contributed by atoms with Crippen molar-refractivity contribution < 1.29 is 0 Å². The number of nitrogens with two attached hydrogens (primary N) is 1. The van der Waals surface area contributed by atoms with E-state index in [0.29, 0.717) is 11.3 Å². The Balaban J connectivity index is 2.77. The van der Waals surface area contributed by atoms with Gasteiger partial charge in [0.1, 0.15) is 0 Å². The zero-order valence-corrected chi connectivity index (χ0v) is 11.1. The van der Waals surface area contributed by atoms with Crippen LogP contribution < -0.4 is 5.73 Å². The third-order valence-electron chi connectivity index (χ3n) is 3.12. The molecule has 0 saturated heterocycles. The van der Waals surface area contributed by atoms with Crippen LogP contribution in [0.4, 0.5) is 0 Å². The van der Waals surface area contributed by atoms with Crippen LogP contribution in [0, 0.1) is 5.41 Å². The van der Waals surface area contributed by atoms with Crippen LogP contribution in [0.5, 0.6) is 0 Å². The molecule has 16 heavy (non-hydrogen) atoms. The molecule has 0 fully saturated rings. The Morgan fingerprint density at radius 1 is 1.25 bits per heavy atom. The Bertz CT molecular complexity index is 326. The lowest BCUT2D eigenvalue weighted by Crippen LogP contribution is -2.19. The standard InChI is InChI=1S/C15H25N/c1-12(2)14-7-5-6-13(10-14)11-15(3,4)8-9-16/h5-7,10,12H,8-9,11,16H2,1-4H3. The zero-order chi connectivity index (χ0) is 12.2. The summed E-state index contributed by atoms with van der Waals surface area (Å²) in [5, 5.41) is 0. The molecule has 2 N–H and O–H groups in total. The van der Waals surface area contributed by atoms with Gasteiger partial charge in [-0.05, 0) is 41.8 Å². The number of hydrogen-bond donors (Lipinski definition) is 1. The summed E-state index contributed by atoms with van der Waals surface area (Å²) in [4.78, 5) is 0. The molecule has 1 heteroatoms. The molecule has 0 radical (unpaired) electrons. The molecule has 1 aromatic rings. The third-order valence-corrected chi connectivity index (χ3v) is 3.12. The van der Waals surface area contributed by atoms with E-state index in [0.717, 1.165) is 19.4 Å². The van der Waals surface area contributed by atoms with Crippen molar-refractivity contribution in [1.29, 1.82) is 0 Å². The van der Waals surface area contributed by atoms with Crippen LogP contribution >= 0.6 is 0 Å². The van der Waals surface area contributed by atoms with Gasteiger partial charge in [-0.3, -0.25) is 0 Å². The molecule has 1 nitrogen and oxygen atoms in total. The summed E-state index contributed by atoms with van der Waals surface area (Å²) in [6.07, 6.45) is 2.20. The normalized spacial score (nSPS) is 12.1. The van der Waals surface area contributed by atoms with Gasteiger partial charge in [0.05, 0.1) is 0 Å². The van der Waals surface area contributed by atoms with Crippen LogP contribution in [0.25, 0.3) is 0 Å². The van der Waals surface area contributed by atoms with Gasteiger partial charge in [0, 0.05) is 0 Å². The molecule has 0 heterocycles. The van der Waals surface area contributed by atoms with Crippen molar-refractivity contribution in [2.24, 2.45) is 11.1 Å². The average Bonchev–Trinajstić information content (AvgIpc) is 2.17. The van der Waals surface area contributed by atoms with Crippen LogP contribution in [-0.4, -0.2) is 6.54 Å². The summed E-state index contributed by atoms with van der Waals surface area (Å²) in [6.45, 7) is 9.84. The van der Waals surface area contributed by atoms with Crippen molar-refractivity contribution in [2.75, 3.05) is 6.54 Å². The van der Waals surface area contributed by atoms with Crippen molar-refractivity contribution in [3.05, 3.63) is 35.4 Å². The SMILES string of the molecule is CC(C)c1cccc(CC(C)(C)CCN)c1. The minimum atomic E-state index is 0.310. The molecular formula is C15H25N. The Labute approximate surface area is 100 Å². The maximum absolute atomic E-state index is 5.65. The molecule has 0 aliphatic heterocycles. The lowest BCUT2D eigenvalue weighted by Gasteiger charge is -2.24. The van der Waals surface area contributed by atoms with E-state index < -0.39 is 0 Å². The fourth-order valence-corrected chi connectivity index (χ4v) is 2.09. The number of rotatable bonds is 5. The van der Waals surface area contributed by atoms with Gasteiger partial charge >= 0.3 is 0 Å². The number of benzene rings is 1. The Morgan fingerprint density at radius 3 is 2.50 bits per heavy atom. The second kappa shape index (κ2) is 5.49. The van der Waals surface area contributed by atoms with E-state index in [4.69, 9.17) is 5.73 Å². The van der Waals surface area contributed by atoms with Crippen molar-refractivity contribution in [3.63, 3.8) is 0 Å². The summed E-state index contributed by atoms with van der Waals surface area (Å²) in [6, 6.07) is 8.94. The minimum absolute atomic E-state index is 0.310. The molecule has 0 unspecified atom stereocenters. The summed E-state index contributed by atoms with van der Waals surface area (Å²) < 4.78 is 0. The first-order chi connectivity index (χ1) is 7.44. The molecule has 0 saturated carbocycles. The molecule has 1 aromatic carbocycles. The average molecular weight is 219 g/mol. The van der Waals surface area contributed by atoms with Gasteiger partial charge in [0.15, 0.2) is 0 Å². The Morgan fingerprint density at radius 2 is 1.94 bits per heavy atom. The molecule has 0 bridgehead atoms. The Hall–Kier alpha value is -0.820. The van der Waals surface area contributed by atoms with Crippen LogP contribution in [-0.2, 0) is 6.42 Å². The fourth-order valence-electron chi connectivity index (χ4n) is 2.09. The third kappa shape index (κ3) is 3.97. The van der Waals surface area contributed by atoms with Crippen molar-refractivity contribution >= 4 is 0 Å². The maximum Gasteiger partial charge on any atom is -0.00721 e. The monoisotopic (exact) mass is 219 g/mol. The predicted molar refractivity (Wildman–Crippen MR) is 71.7 cm³/mol. The first-order valence-electron chi connectivity index (χ1n) is 6.23. The van der Waals surface area contributed by atoms with Gasteiger partial charge in [-0.15, -0.1) is 0 Å². The molecule has 0 aliphatic rings.